The van der Waals surface area contributed by atoms with Crippen molar-refractivity contribution in [3.8, 4) is 0 Å². The van der Waals surface area contributed by atoms with Gasteiger partial charge in [-0.2, -0.15) is 0 Å². The molecule has 3 N–H and O–H groups in total. The molecule has 0 rings (SSSR count). The Labute approximate surface area is 120 Å². The minimum absolute atomic E-state index is 0.0933. The van der Waals surface area contributed by atoms with Gasteiger partial charge in [0.2, 0.25) is 0 Å². The lowest BCUT2D eigenvalue weighted by Crippen LogP contribution is -2.31. The quantitative estimate of drug-likeness (QED) is 0.335. The molecule has 0 unspecified atom stereocenters. The van der Waals surface area contributed by atoms with Crippen molar-refractivity contribution in [2.24, 2.45) is 5.73 Å². The molecule has 0 spiro atoms. The summed E-state index contributed by atoms with van der Waals surface area (Å²) < 4.78 is 20.5. The van der Waals surface area contributed by atoms with E-state index in [1.54, 1.807) is 0 Å². The maximum Gasteiger partial charge on any atom is 0.336 e. The van der Waals surface area contributed by atoms with Crippen molar-refractivity contribution in [2.45, 2.75) is 25.9 Å². The Kier molecular flexibility index (Phi) is 14.1. The van der Waals surface area contributed by atoms with Gasteiger partial charge in [-0.15, -0.1) is 0 Å². The number of carbonyl (C=O) groups excluding carboxylic acids is 1. The zero-order valence-corrected chi connectivity index (χ0v) is 12.2. The largest absolute Gasteiger partial charge is 0.461 e. The van der Waals surface area contributed by atoms with Gasteiger partial charge in [-0.3, -0.25) is 0 Å². The molecule has 0 aromatic carbocycles. The van der Waals surface area contributed by atoms with Crippen molar-refractivity contribution in [2.75, 3.05) is 52.8 Å². The summed E-state index contributed by atoms with van der Waals surface area (Å²) in [6, 6.07) is 0. The second kappa shape index (κ2) is 14.7. The van der Waals surface area contributed by atoms with Gasteiger partial charge in [0, 0.05) is 13.2 Å². The second-order valence-electron chi connectivity index (χ2n) is 4.11. The first-order valence-electron chi connectivity index (χ1n) is 7.00. The molecule has 0 aromatic rings. The number of aliphatic hydroxyl groups is 1. The smallest absolute Gasteiger partial charge is 0.336 e. The number of esters is 1. The summed E-state index contributed by atoms with van der Waals surface area (Å²) in [5, 5.41) is 9.03. The van der Waals surface area contributed by atoms with E-state index in [0.29, 0.717) is 26.4 Å². The van der Waals surface area contributed by atoms with Crippen LogP contribution in [0.4, 0.5) is 0 Å². The summed E-state index contributed by atoms with van der Waals surface area (Å²) in [5.41, 5.74) is 5.10. The topological polar surface area (TPSA) is 100 Å². The summed E-state index contributed by atoms with van der Waals surface area (Å²) >= 11 is 0. The molecular formula is C13H27NO6. The molecule has 0 heterocycles. The van der Waals surface area contributed by atoms with Crippen LogP contribution in [0.3, 0.4) is 0 Å². The van der Waals surface area contributed by atoms with Crippen LogP contribution >= 0.6 is 0 Å². The van der Waals surface area contributed by atoms with Crippen LogP contribution in [0.15, 0.2) is 0 Å². The van der Waals surface area contributed by atoms with Crippen LogP contribution < -0.4 is 5.73 Å². The van der Waals surface area contributed by atoms with Crippen LogP contribution in [0, 0.1) is 0 Å². The minimum Gasteiger partial charge on any atom is -0.461 e. The second-order valence-corrected chi connectivity index (χ2v) is 4.11. The predicted octanol–water partition coefficient (Wildman–Crippen LogP) is -0.301. The third-order valence-electron chi connectivity index (χ3n) is 2.35. The summed E-state index contributed by atoms with van der Waals surface area (Å²) in [5.74, 6) is -0.725. The van der Waals surface area contributed by atoms with Gasteiger partial charge in [-0.1, -0.05) is 13.3 Å². The fraction of sp³-hybridized carbons (Fsp3) is 0.923. The summed E-state index contributed by atoms with van der Waals surface area (Å²) in [4.78, 5) is 11.0. The van der Waals surface area contributed by atoms with Gasteiger partial charge in [0.25, 0.3) is 0 Å². The van der Waals surface area contributed by atoms with Gasteiger partial charge in [0.1, 0.15) is 6.61 Å². The van der Waals surface area contributed by atoms with Crippen molar-refractivity contribution in [1.82, 2.24) is 0 Å². The Bertz CT molecular complexity index is 227. The van der Waals surface area contributed by atoms with E-state index in [1.165, 1.54) is 0 Å². The van der Waals surface area contributed by atoms with E-state index in [-0.39, 0.29) is 19.8 Å². The molecule has 7 nitrogen and oxygen atoms in total. The molecule has 0 radical (unpaired) electrons. The number of hydrogen-bond donors (Lipinski definition) is 2. The number of rotatable bonds is 14. The van der Waals surface area contributed by atoms with Crippen LogP contribution in [-0.2, 0) is 23.7 Å². The first kappa shape index (κ1) is 19.3. The highest BCUT2D eigenvalue weighted by Gasteiger charge is 2.13. The summed E-state index contributed by atoms with van der Waals surface area (Å²) in [6.07, 6.45) is 0.938. The van der Waals surface area contributed by atoms with Crippen LogP contribution in [0.1, 0.15) is 19.8 Å². The Morgan fingerprint density at radius 2 is 1.50 bits per heavy atom. The zero-order valence-electron chi connectivity index (χ0n) is 12.2. The first-order chi connectivity index (χ1) is 9.72. The maximum absolute atomic E-state index is 11.0. The first-order valence-corrected chi connectivity index (χ1v) is 7.00. The molecule has 0 bridgehead atoms. The van der Waals surface area contributed by atoms with Crippen molar-refractivity contribution < 1.29 is 28.8 Å². The summed E-state index contributed by atoms with van der Waals surface area (Å²) in [7, 11) is 0. The average Bonchev–Trinajstić information content (AvgIpc) is 2.47. The highest BCUT2D eigenvalue weighted by Crippen LogP contribution is 1.89. The molecule has 0 saturated carbocycles. The molecule has 7 heteroatoms. The zero-order chi connectivity index (χ0) is 15.1. The van der Waals surface area contributed by atoms with E-state index in [9.17, 15) is 4.79 Å². The van der Waals surface area contributed by atoms with Crippen LogP contribution in [0.2, 0.25) is 0 Å². The number of hydrogen-bond acceptors (Lipinski definition) is 7. The Morgan fingerprint density at radius 1 is 1.00 bits per heavy atom. The van der Waals surface area contributed by atoms with Crippen molar-refractivity contribution in [1.29, 1.82) is 0 Å². The van der Waals surface area contributed by atoms with E-state index in [1.807, 2.05) is 0 Å². The molecule has 0 aliphatic carbocycles. The molecule has 120 valence electrons. The molecule has 0 aliphatic rings. The Balaban J connectivity index is 3.11. The Morgan fingerprint density at radius 3 is 2.00 bits per heavy atom. The number of unbranched alkanes of at least 4 members (excludes halogenated alkanes) is 1. The van der Waals surface area contributed by atoms with Crippen molar-refractivity contribution in [3.63, 3.8) is 0 Å². The van der Waals surface area contributed by atoms with Crippen LogP contribution in [0.5, 0.6) is 0 Å². The predicted molar refractivity (Wildman–Crippen MR) is 73.4 cm³/mol. The Hall–Kier alpha value is -0.730. The maximum atomic E-state index is 11.0. The lowest BCUT2D eigenvalue weighted by atomic mass is 10.4. The van der Waals surface area contributed by atoms with Crippen LogP contribution in [-0.4, -0.2) is 70.0 Å². The van der Waals surface area contributed by atoms with Crippen LogP contribution in [0.25, 0.3) is 0 Å². The molecular weight excluding hydrogens is 266 g/mol. The van der Waals surface area contributed by atoms with Gasteiger partial charge in [0.15, 0.2) is 6.10 Å². The van der Waals surface area contributed by atoms with Gasteiger partial charge in [-0.25, -0.2) is 4.79 Å². The van der Waals surface area contributed by atoms with Gasteiger partial charge >= 0.3 is 5.97 Å². The molecule has 0 amide bonds. The third-order valence-corrected chi connectivity index (χ3v) is 2.35. The third kappa shape index (κ3) is 12.3. The monoisotopic (exact) mass is 293 g/mol. The van der Waals surface area contributed by atoms with Gasteiger partial charge < -0.3 is 29.8 Å². The SMILES string of the molecule is CCCCOCCOCCOCCOC(=O)[C@@H](O)CN. The summed E-state index contributed by atoms with van der Waals surface area (Å²) in [6.45, 7) is 5.13. The number of nitrogens with two attached hydrogens (primary N) is 1. The minimum atomic E-state index is -1.26. The molecule has 1 atom stereocenters. The van der Waals surface area contributed by atoms with E-state index < -0.39 is 12.1 Å². The molecule has 0 aliphatic heterocycles. The van der Waals surface area contributed by atoms with Crippen molar-refractivity contribution in [3.05, 3.63) is 0 Å². The standard InChI is InChI=1S/C13H27NO6/c1-2-3-4-17-5-6-18-7-8-19-9-10-20-13(16)12(15)11-14/h12,15H,2-11,14H2,1H3/t12-/m0/s1. The van der Waals surface area contributed by atoms with E-state index in [2.05, 4.69) is 6.92 Å². The molecule has 20 heavy (non-hydrogen) atoms. The fourth-order valence-corrected chi connectivity index (χ4v) is 1.18. The van der Waals surface area contributed by atoms with E-state index in [4.69, 9.17) is 29.8 Å². The lowest BCUT2D eigenvalue weighted by molar-refractivity contribution is -0.154. The number of ether oxygens (including phenoxy) is 4. The highest BCUT2D eigenvalue weighted by molar-refractivity contribution is 5.74. The molecule has 0 aromatic heterocycles. The van der Waals surface area contributed by atoms with Gasteiger partial charge in [0.05, 0.1) is 33.0 Å². The van der Waals surface area contributed by atoms with E-state index in [0.717, 1.165) is 19.4 Å². The average molecular weight is 293 g/mol. The highest BCUT2D eigenvalue weighted by atomic mass is 16.6. The van der Waals surface area contributed by atoms with E-state index >= 15 is 0 Å². The van der Waals surface area contributed by atoms with Gasteiger partial charge in [-0.05, 0) is 6.42 Å². The molecule has 0 fully saturated rings. The fourth-order valence-electron chi connectivity index (χ4n) is 1.18. The number of aliphatic hydroxyl groups excluding tert-OH is 1. The lowest BCUT2D eigenvalue weighted by Gasteiger charge is -2.09. The molecule has 0 saturated heterocycles. The normalized spacial score (nSPS) is 12.3. The van der Waals surface area contributed by atoms with Crippen molar-refractivity contribution >= 4 is 5.97 Å². The number of carbonyl (C=O) groups is 1.